The van der Waals surface area contributed by atoms with Crippen LogP contribution < -0.4 is 10.6 Å². The molecule has 0 aromatic rings. The van der Waals surface area contributed by atoms with Gasteiger partial charge in [-0.1, -0.05) is 0 Å². The molecule has 0 radical (unpaired) electrons. The quantitative estimate of drug-likeness (QED) is 0.350. The van der Waals surface area contributed by atoms with Crippen molar-refractivity contribution in [3.8, 4) is 0 Å². The summed E-state index contributed by atoms with van der Waals surface area (Å²) in [5.41, 5.74) is 0. The van der Waals surface area contributed by atoms with Crippen molar-refractivity contribution < 1.29 is 29.4 Å². The van der Waals surface area contributed by atoms with Crippen LogP contribution in [0.5, 0.6) is 0 Å². The van der Waals surface area contributed by atoms with E-state index < -0.39 is 11.9 Å². The van der Waals surface area contributed by atoms with Crippen molar-refractivity contribution in [2.75, 3.05) is 13.1 Å². The molecule has 0 saturated carbocycles. The topological polar surface area (TPSA) is 133 Å². The fourth-order valence-corrected chi connectivity index (χ4v) is 1.86. The lowest BCUT2D eigenvalue weighted by molar-refractivity contribution is -0.138. The van der Waals surface area contributed by atoms with Crippen molar-refractivity contribution in [3.63, 3.8) is 0 Å². The largest absolute Gasteiger partial charge is 0.481 e. The number of nitrogens with one attached hydrogen (secondary N) is 2. The van der Waals surface area contributed by atoms with Gasteiger partial charge in [-0.3, -0.25) is 19.2 Å². The van der Waals surface area contributed by atoms with Gasteiger partial charge in [-0.05, 0) is 32.1 Å². The lowest BCUT2D eigenvalue weighted by Gasteiger charge is -2.06. The fourth-order valence-electron chi connectivity index (χ4n) is 1.86. The first kappa shape index (κ1) is 20.9. The molecular weight excluding hydrogens is 304 g/mol. The number of rotatable bonds is 14. The summed E-state index contributed by atoms with van der Waals surface area (Å²) in [4.78, 5) is 43.3. The van der Waals surface area contributed by atoms with E-state index in [0.717, 1.165) is 19.3 Å². The number of unbranched alkanes of at least 4 members (excludes halogenated alkanes) is 2. The van der Waals surface area contributed by atoms with Gasteiger partial charge in [-0.25, -0.2) is 0 Å². The van der Waals surface area contributed by atoms with E-state index in [4.69, 9.17) is 10.2 Å². The van der Waals surface area contributed by atoms with Crippen LogP contribution in [0.3, 0.4) is 0 Å². The summed E-state index contributed by atoms with van der Waals surface area (Å²) in [6.07, 6.45) is 3.56. The summed E-state index contributed by atoms with van der Waals surface area (Å²) >= 11 is 0. The first-order chi connectivity index (χ1) is 10.9. The van der Waals surface area contributed by atoms with Gasteiger partial charge >= 0.3 is 11.9 Å². The predicted octanol–water partition coefficient (Wildman–Crippen LogP) is 0.899. The van der Waals surface area contributed by atoms with Crippen molar-refractivity contribution in [1.29, 1.82) is 0 Å². The van der Waals surface area contributed by atoms with Crippen molar-refractivity contribution in [2.24, 2.45) is 0 Å². The number of carbonyl (C=O) groups excluding carboxylic acids is 2. The third-order valence-corrected chi connectivity index (χ3v) is 3.09. The van der Waals surface area contributed by atoms with Crippen LogP contribution in [0.15, 0.2) is 0 Å². The monoisotopic (exact) mass is 330 g/mol. The number of hydrogen-bond acceptors (Lipinski definition) is 4. The maximum atomic E-state index is 11.3. The Bertz CT molecular complexity index is 361. The zero-order valence-electron chi connectivity index (χ0n) is 13.3. The number of carboxylic acids is 2. The lowest BCUT2D eigenvalue weighted by atomic mass is 10.2. The van der Waals surface area contributed by atoms with Crippen molar-refractivity contribution in [3.05, 3.63) is 0 Å². The van der Waals surface area contributed by atoms with Gasteiger partial charge < -0.3 is 20.8 Å². The maximum absolute atomic E-state index is 11.3. The number of carbonyl (C=O) groups is 4. The molecule has 0 aliphatic rings. The highest BCUT2D eigenvalue weighted by Gasteiger charge is 2.04. The zero-order chi connectivity index (χ0) is 17.5. The number of aliphatic carboxylic acids is 2. The van der Waals surface area contributed by atoms with E-state index in [-0.39, 0.29) is 37.5 Å². The summed E-state index contributed by atoms with van der Waals surface area (Å²) < 4.78 is 0. The van der Waals surface area contributed by atoms with Gasteiger partial charge in [0, 0.05) is 38.8 Å². The summed E-state index contributed by atoms with van der Waals surface area (Å²) in [6, 6.07) is 0. The lowest BCUT2D eigenvalue weighted by Crippen LogP contribution is -2.25. The molecule has 0 heterocycles. The molecule has 0 aliphatic carbocycles. The molecule has 8 heteroatoms. The Hall–Kier alpha value is -2.12. The molecule has 23 heavy (non-hydrogen) atoms. The van der Waals surface area contributed by atoms with E-state index in [2.05, 4.69) is 10.6 Å². The van der Waals surface area contributed by atoms with Gasteiger partial charge in [0.2, 0.25) is 11.8 Å². The second kappa shape index (κ2) is 13.5. The van der Waals surface area contributed by atoms with Crippen LogP contribution in [-0.4, -0.2) is 47.1 Å². The Morgan fingerprint density at radius 3 is 1.30 bits per heavy atom. The highest BCUT2D eigenvalue weighted by molar-refractivity contribution is 5.77. The first-order valence-corrected chi connectivity index (χ1v) is 7.89. The summed E-state index contributed by atoms with van der Waals surface area (Å²) in [6.45, 7) is 1.08. The van der Waals surface area contributed by atoms with Crippen LogP contribution in [0.2, 0.25) is 0 Å². The normalized spacial score (nSPS) is 10.1. The third-order valence-electron chi connectivity index (χ3n) is 3.09. The smallest absolute Gasteiger partial charge is 0.303 e. The van der Waals surface area contributed by atoms with Gasteiger partial charge in [0.05, 0.1) is 0 Å². The molecule has 0 saturated heterocycles. The van der Waals surface area contributed by atoms with Crippen LogP contribution in [0.1, 0.15) is 57.8 Å². The third kappa shape index (κ3) is 16.1. The van der Waals surface area contributed by atoms with Crippen LogP contribution >= 0.6 is 0 Å². The molecule has 132 valence electrons. The molecule has 0 rings (SSSR count). The molecule has 0 aromatic heterocycles. The van der Waals surface area contributed by atoms with E-state index in [1.165, 1.54) is 0 Å². The number of hydrogen-bond donors (Lipinski definition) is 4. The highest BCUT2D eigenvalue weighted by Crippen LogP contribution is 1.98. The predicted molar refractivity (Wildman–Crippen MR) is 82.8 cm³/mol. The second-order valence-electron chi connectivity index (χ2n) is 5.26. The molecule has 0 unspecified atom stereocenters. The molecule has 0 spiro atoms. The van der Waals surface area contributed by atoms with Crippen molar-refractivity contribution in [2.45, 2.75) is 57.8 Å². The minimum Gasteiger partial charge on any atom is -0.481 e. The van der Waals surface area contributed by atoms with Gasteiger partial charge in [0.1, 0.15) is 0 Å². The molecule has 4 N–H and O–H groups in total. The second-order valence-corrected chi connectivity index (χ2v) is 5.26. The number of amides is 2. The number of carboxylic acid groups (broad SMARTS) is 2. The van der Waals surface area contributed by atoms with Gasteiger partial charge in [-0.2, -0.15) is 0 Å². The summed E-state index contributed by atoms with van der Waals surface area (Å²) in [5.74, 6) is -2.08. The van der Waals surface area contributed by atoms with E-state index in [0.29, 0.717) is 25.9 Å². The van der Waals surface area contributed by atoms with Crippen LogP contribution in [0.25, 0.3) is 0 Å². The molecule has 0 atom stereocenters. The standard InChI is InChI=1S/C15H26N2O6/c18-12(6-4-8-14(20)21)16-10-2-1-3-11-17-13(19)7-5-9-15(22)23/h1-11H2,(H,16,18)(H,17,19)(H,20,21)(H,22,23). The van der Waals surface area contributed by atoms with Crippen LogP contribution in [-0.2, 0) is 19.2 Å². The summed E-state index contributed by atoms with van der Waals surface area (Å²) in [7, 11) is 0. The van der Waals surface area contributed by atoms with Crippen LogP contribution in [0.4, 0.5) is 0 Å². The minimum atomic E-state index is -0.900. The Balaban J connectivity index is 3.35. The molecule has 0 aliphatic heterocycles. The molecule has 2 amide bonds. The fraction of sp³-hybridized carbons (Fsp3) is 0.733. The Kier molecular flexibility index (Phi) is 12.3. The average Bonchev–Trinajstić information content (AvgIpc) is 2.45. The minimum absolute atomic E-state index is 0.000414. The van der Waals surface area contributed by atoms with Crippen molar-refractivity contribution in [1.82, 2.24) is 10.6 Å². The van der Waals surface area contributed by atoms with Gasteiger partial charge in [0.15, 0.2) is 0 Å². The van der Waals surface area contributed by atoms with Crippen molar-refractivity contribution >= 4 is 23.8 Å². The average molecular weight is 330 g/mol. The zero-order valence-corrected chi connectivity index (χ0v) is 13.3. The SMILES string of the molecule is O=C(O)CCCC(=O)NCCCCCNC(=O)CCCC(=O)O. The Morgan fingerprint density at radius 2 is 0.957 bits per heavy atom. The molecule has 0 aromatic carbocycles. The first-order valence-electron chi connectivity index (χ1n) is 7.89. The van der Waals surface area contributed by atoms with E-state index in [1.807, 2.05) is 0 Å². The van der Waals surface area contributed by atoms with E-state index in [1.54, 1.807) is 0 Å². The van der Waals surface area contributed by atoms with Gasteiger partial charge in [0.25, 0.3) is 0 Å². The van der Waals surface area contributed by atoms with E-state index in [9.17, 15) is 19.2 Å². The molecule has 0 fully saturated rings. The molecular formula is C15H26N2O6. The maximum Gasteiger partial charge on any atom is 0.303 e. The Morgan fingerprint density at radius 1 is 0.565 bits per heavy atom. The van der Waals surface area contributed by atoms with Gasteiger partial charge in [-0.15, -0.1) is 0 Å². The van der Waals surface area contributed by atoms with E-state index >= 15 is 0 Å². The summed E-state index contributed by atoms with van der Waals surface area (Å²) in [5, 5.41) is 22.3. The highest BCUT2D eigenvalue weighted by atomic mass is 16.4. The Labute approximate surface area is 135 Å². The molecule has 8 nitrogen and oxygen atoms in total. The molecule has 0 bridgehead atoms. The van der Waals surface area contributed by atoms with Crippen LogP contribution in [0, 0.1) is 0 Å².